The predicted octanol–water partition coefficient (Wildman–Crippen LogP) is 18.8. The van der Waals surface area contributed by atoms with Crippen molar-refractivity contribution in [2.24, 2.45) is 0 Å². The lowest BCUT2D eigenvalue weighted by molar-refractivity contribution is 0.591. The average Bonchev–Trinajstić information content (AvgIpc) is 0.858. The summed E-state index contributed by atoms with van der Waals surface area (Å²) in [5.41, 5.74) is 24.1. The van der Waals surface area contributed by atoms with E-state index >= 15 is 0 Å². The van der Waals surface area contributed by atoms with Crippen LogP contribution in [0.2, 0.25) is 0 Å². The van der Waals surface area contributed by atoms with Crippen LogP contribution < -0.4 is 26.2 Å². The van der Waals surface area contributed by atoms with Gasteiger partial charge >= 0.3 is 0 Å². The monoisotopic (exact) mass is 1180 g/mol. The Balaban J connectivity index is 0.838. The van der Waals surface area contributed by atoms with Crippen molar-refractivity contribution >= 4 is 79.0 Å². The van der Waals surface area contributed by atoms with Gasteiger partial charge in [-0.05, 0) is 136 Å². The fraction of sp³-hybridized carbons (Fsp3) is 0.0482. The minimum Gasteiger partial charge on any atom is -0.311 e. The van der Waals surface area contributed by atoms with Gasteiger partial charge < -0.3 is 14.4 Å². The molecule has 0 unspecified atom stereocenters. The zero-order valence-corrected chi connectivity index (χ0v) is 51.0. The molecule has 9 heteroatoms. The summed E-state index contributed by atoms with van der Waals surface area (Å²) in [5.74, 6) is 2.20. The van der Waals surface area contributed by atoms with Crippen LogP contribution in [0.15, 0.2) is 303 Å². The van der Waals surface area contributed by atoms with Crippen LogP contribution in [0.4, 0.5) is 34.1 Å². The van der Waals surface area contributed by atoms with E-state index in [0.717, 1.165) is 101 Å². The van der Waals surface area contributed by atoms with Crippen LogP contribution in [0.25, 0.3) is 107 Å². The van der Waals surface area contributed by atoms with Gasteiger partial charge in [-0.2, -0.15) is 0 Å². The maximum absolute atomic E-state index is 5.60. The molecule has 8 nitrogen and oxygen atoms in total. The lowest BCUT2D eigenvalue weighted by Crippen LogP contribution is -2.61. The first-order chi connectivity index (χ1) is 45.3. The van der Waals surface area contributed by atoms with Gasteiger partial charge in [0.2, 0.25) is 0 Å². The number of fused-ring (bicyclic) bond motifs is 7. The summed E-state index contributed by atoms with van der Waals surface area (Å²) in [6.45, 7) is 6.86. The molecule has 0 saturated carbocycles. The summed E-state index contributed by atoms with van der Waals surface area (Å²) in [4.78, 5) is 32.1. The first-order valence-electron chi connectivity index (χ1n) is 31.4. The van der Waals surface area contributed by atoms with E-state index in [-0.39, 0.29) is 12.1 Å². The summed E-state index contributed by atoms with van der Waals surface area (Å²) < 4.78 is 2.37. The Morgan fingerprint density at radius 3 is 1.42 bits per heavy atom. The maximum Gasteiger partial charge on any atom is 0.252 e. The molecule has 0 spiro atoms. The smallest absolute Gasteiger partial charge is 0.252 e. The first kappa shape index (κ1) is 54.4. The van der Waals surface area contributed by atoms with E-state index in [9.17, 15) is 0 Å². The van der Waals surface area contributed by atoms with Gasteiger partial charge in [-0.15, -0.1) is 0 Å². The van der Waals surface area contributed by atoms with E-state index in [1.165, 1.54) is 38.7 Å². The summed E-state index contributed by atoms with van der Waals surface area (Å²) in [6, 6.07) is 108. The summed E-state index contributed by atoms with van der Waals surface area (Å²) >= 11 is 0. The first-order valence-corrected chi connectivity index (χ1v) is 31.4. The Hall–Kier alpha value is -11.8. The second-order valence-corrected chi connectivity index (χ2v) is 24.8. The maximum atomic E-state index is 5.60. The van der Waals surface area contributed by atoms with Crippen molar-refractivity contribution in [3.8, 4) is 84.9 Å². The Labute approximate surface area is 535 Å². The third kappa shape index (κ3) is 9.35. The molecule has 0 radical (unpaired) electrons. The van der Waals surface area contributed by atoms with Crippen LogP contribution in [-0.2, 0) is 5.41 Å². The molecule has 5 heterocycles. The minimum absolute atomic E-state index is 0.0459. The van der Waals surface area contributed by atoms with Crippen molar-refractivity contribution < 1.29 is 0 Å². The van der Waals surface area contributed by atoms with Gasteiger partial charge in [-0.1, -0.05) is 227 Å². The molecule has 0 N–H and O–H groups in total. The fourth-order valence-corrected chi connectivity index (χ4v) is 13.8. The van der Waals surface area contributed by atoms with Gasteiger partial charge in [-0.25, -0.2) is 24.9 Å². The molecule has 0 saturated heterocycles. The van der Waals surface area contributed by atoms with Crippen molar-refractivity contribution in [3.05, 3.63) is 309 Å². The van der Waals surface area contributed by atoms with Crippen LogP contribution in [0.1, 0.15) is 26.3 Å². The van der Waals surface area contributed by atoms with Crippen molar-refractivity contribution in [2.45, 2.75) is 26.2 Å². The Morgan fingerprint density at radius 2 is 0.761 bits per heavy atom. The molecule has 434 valence electrons. The Kier molecular flexibility index (Phi) is 13.0. The molecule has 3 aromatic heterocycles. The number of hydrogen-bond donors (Lipinski definition) is 0. The van der Waals surface area contributed by atoms with Crippen molar-refractivity contribution in [3.63, 3.8) is 0 Å². The van der Waals surface area contributed by atoms with Crippen LogP contribution in [0, 0.1) is 0 Å². The van der Waals surface area contributed by atoms with Gasteiger partial charge in [-0.3, -0.25) is 0 Å². The van der Waals surface area contributed by atoms with E-state index in [1.807, 2.05) is 30.3 Å². The third-order valence-electron chi connectivity index (χ3n) is 18.2. The number of rotatable bonds is 10. The average molecular weight is 1180 g/mol. The van der Waals surface area contributed by atoms with Crippen molar-refractivity contribution in [2.75, 3.05) is 9.80 Å². The van der Waals surface area contributed by atoms with Gasteiger partial charge in [0.25, 0.3) is 6.71 Å². The van der Waals surface area contributed by atoms with Gasteiger partial charge in [0.15, 0.2) is 23.3 Å². The number of para-hydroxylation sites is 4. The number of aromatic nitrogens is 6. The summed E-state index contributed by atoms with van der Waals surface area (Å²) in [7, 11) is 0. The molecule has 92 heavy (non-hydrogen) atoms. The highest BCUT2D eigenvalue weighted by atomic mass is 15.2. The van der Waals surface area contributed by atoms with Gasteiger partial charge in [0.1, 0.15) is 0 Å². The molecule has 0 aliphatic carbocycles. The molecular weight excluding hydrogens is 1120 g/mol. The summed E-state index contributed by atoms with van der Waals surface area (Å²) in [5, 5.41) is 2.34. The van der Waals surface area contributed by atoms with Crippen LogP contribution in [-0.4, -0.2) is 36.2 Å². The molecule has 0 atom stereocenters. The predicted molar refractivity (Wildman–Crippen MR) is 381 cm³/mol. The Morgan fingerprint density at radius 1 is 0.293 bits per heavy atom. The van der Waals surface area contributed by atoms with Gasteiger partial charge in [0, 0.05) is 78.3 Å². The van der Waals surface area contributed by atoms with Crippen molar-refractivity contribution in [1.29, 1.82) is 0 Å². The number of hydrogen-bond acceptors (Lipinski definition) is 7. The second-order valence-electron chi connectivity index (χ2n) is 24.8. The van der Waals surface area contributed by atoms with E-state index in [2.05, 4.69) is 308 Å². The largest absolute Gasteiger partial charge is 0.311 e. The fourth-order valence-electron chi connectivity index (χ4n) is 13.8. The van der Waals surface area contributed by atoms with Crippen molar-refractivity contribution in [1.82, 2.24) is 29.5 Å². The SMILES string of the molecule is CC(C)(C)c1ccc2c(c1)c1ccccc1n2-c1ccc(-c2nc(-c3ccccc3)cc(-c3ccccc3)n2)cc1-c1nc(-c2ccccc2)nc(-c2cccc(-c3cccc(N4c5ccccc5B5c6ccccc6N(c6ccccc6)c6cccc4c65)c3)c2)n1. The highest BCUT2D eigenvalue weighted by Gasteiger charge is 2.43. The third-order valence-corrected chi connectivity index (χ3v) is 18.2. The summed E-state index contributed by atoms with van der Waals surface area (Å²) in [6.07, 6.45) is 0. The lowest BCUT2D eigenvalue weighted by atomic mass is 9.33. The molecule has 0 fully saturated rings. The topological polar surface area (TPSA) is 75.9 Å². The normalized spacial score (nSPS) is 12.4. The molecule has 0 amide bonds. The molecule has 15 aromatic rings. The molecule has 12 aromatic carbocycles. The number of nitrogens with zero attached hydrogens (tertiary/aromatic N) is 8. The molecule has 17 rings (SSSR count). The number of anilines is 6. The molecule has 2 aliphatic rings. The van der Waals surface area contributed by atoms with E-state index in [1.54, 1.807) is 0 Å². The quantitative estimate of drug-likeness (QED) is 0.126. The van der Waals surface area contributed by atoms with E-state index in [4.69, 9.17) is 24.9 Å². The standard InChI is InChI=1S/C83H59BN8/c1-83(2,3)61-46-48-72-65(52-61)64-37-16-19-40-71(64)92(72)73-47-45-60(80-85-69(54-25-8-4-9-26-54)53-70(86-80)55-27-10-5-11-28-55)51-66(73)82-88-79(56-29-12-6-13-30-56)87-81(89-82)59-33-22-31-57(49-59)58-32-23-36-63(50-58)91-75-42-21-18-39-68(75)84-67-38-17-20-41-74(67)90(62-34-14-7-15-35-62)76-43-24-44-77(91)78(76)84/h4-53H,1-3H3. The zero-order chi connectivity index (χ0) is 61.4. The molecular formula is C83H59BN8. The van der Waals surface area contributed by atoms with Crippen LogP contribution in [0.3, 0.4) is 0 Å². The Bertz CT molecular complexity index is 5300. The second kappa shape index (κ2) is 22.0. The number of benzene rings is 12. The zero-order valence-electron chi connectivity index (χ0n) is 51.0. The lowest BCUT2D eigenvalue weighted by Gasteiger charge is -2.44. The molecule has 2 aliphatic heterocycles. The molecule has 0 bridgehead atoms. The highest BCUT2D eigenvalue weighted by molar-refractivity contribution is 7.00. The van der Waals surface area contributed by atoms with Crippen LogP contribution in [0.5, 0.6) is 0 Å². The van der Waals surface area contributed by atoms with Gasteiger partial charge in [0.05, 0.1) is 28.1 Å². The minimum atomic E-state index is -0.0577. The van der Waals surface area contributed by atoms with E-state index in [0.29, 0.717) is 23.3 Å². The van der Waals surface area contributed by atoms with E-state index < -0.39 is 0 Å². The highest BCUT2D eigenvalue weighted by Crippen LogP contribution is 2.46. The van der Waals surface area contributed by atoms with Crippen LogP contribution >= 0.6 is 0 Å².